The van der Waals surface area contributed by atoms with Crippen LogP contribution in [0.15, 0.2) is 81.6 Å². The number of hydrogen-bond donors (Lipinski definition) is 1. The first-order chi connectivity index (χ1) is 15.5. The number of methoxy groups -OCH3 is 1. The molecule has 5 aromatic rings. The van der Waals surface area contributed by atoms with Crippen molar-refractivity contribution >= 4 is 39.2 Å². The lowest BCUT2D eigenvalue weighted by Gasteiger charge is -2.04. The Balaban J connectivity index is 1.42. The van der Waals surface area contributed by atoms with E-state index in [1.165, 1.54) is 31.4 Å². The number of furan rings is 2. The van der Waals surface area contributed by atoms with Gasteiger partial charge in [0, 0.05) is 22.5 Å². The predicted molar refractivity (Wildman–Crippen MR) is 119 cm³/mol. The molecule has 0 aliphatic heterocycles. The molecule has 0 unspecified atom stereocenters. The van der Waals surface area contributed by atoms with Crippen molar-refractivity contribution in [3.05, 3.63) is 88.7 Å². The molecular formula is C24H16N2O6. The van der Waals surface area contributed by atoms with Crippen LogP contribution in [0.4, 0.5) is 11.4 Å². The van der Waals surface area contributed by atoms with Crippen molar-refractivity contribution < 1.29 is 23.3 Å². The van der Waals surface area contributed by atoms with E-state index in [0.29, 0.717) is 17.0 Å². The highest BCUT2D eigenvalue weighted by Crippen LogP contribution is 2.34. The van der Waals surface area contributed by atoms with Gasteiger partial charge in [0.15, 0.2) is 5.76 Å². The number of hydrogen-bond acceptors (Lipinski definition) is 6. The maximum absolute atomic E-state index is 12.7. The Labute approximate surface area is 181 Å². The summed E-state index contributed by atoms with van der Waals surface area (Å²) in [6, 6.07) is 20.5. The molecular weight excluding hydrogens is 412 g/mol. The Bertz CT molecular complexity index is 1500. The monoisotopic (exact) mass is 428 g/mol. The maximum atomic E-state index is 12.7. The van der Waals surface area contributed by atoms with E-state index in [4.69, 9.17) is 13.6 Å². The van der Waals surface area contributed by atoms with Gasteiger partial charge in [-0.05, 0) is 42.5 Å². The van der Waals surface area contributed by atoms with Gasteiger partial charge in [-0.25, -0.2) is 0 Å². The smallest absolute Gasteiger partial charge is 0.291 e. The largest absolute Gasteiger partial charge is 0.497 e. The van der Waals surface area contributed by atoms with Crippen molar-refractivity contribution in [2.24, 2.45) is 0 Å². The Morgan fingerprint density at radius 2 is 1.75 bits per heavy atom. The first kappa shape index (κ1) is 19.4. The van der Waals surface area contributed by atoms with Crippen LogP contribution in [-0.4, -0.2) is 17.9 Å². The molecule has 1 N–H and O–H groups in total. The Morgan fingerprint density at radius 3 is 2.56 bits per heavy atom. The molecule has 0 atom stereocenters. The Morgan fingerprint density at radius 1 is 0.938 bits per heavy atom. The number of anilines is 1. The molecule has 0 aliphatic carbocycles. The molecule has 8 heteroatoms. The molecule has 0 saturated carbocycles. The minimum Gasteiger partial charge on any atom is -0.497 e. The van der Waals surface area contributed by atoms with Crippen LogP contribution in [0.5, 0.6) is 5.75 Å². The third-order valence-electron chi connectivity index (χ3n) is 5.13. The van der Waals surface area contributed by atoms with E-state index >= 15 is 0 Å². The van der Waals surface area contributed by atoms with Crippen molar-refractivity contribution in [1.82, 2.24) is 0 Å². The Kier molecular flexibility index (Phi) is 4.59. The van der Waals surface area contributed by atoms with Gasteiger partial charge in [0.05, 0.1) is 23.7 Å². The summed E-state index contributed by atoms with van der Waals surface area (Å²) in [5.74, 6) is 0.0980. The summed E-state index contributed by atoms with van der Waals surface area (Å²) in [6.07, 6.45) is 0. The number of carbonyl (C=O) groups excluding carboxylic acids is 1. The SMILES string of the molecule is COc1ccc(-c2ccc(C(=O)Nc3ccc4c(c3)oc3ccccc34)o2)c([N+](=O)[O-])c1. The number of rotatable bonds is 5. The molecule has 1 amide bonds. The number of nitrogens with one attached hydrogen (secondary N) is 1. The fourth-order valence-electron chi connectivity index (χ4n) is 3.60. The topological polar surface area (TPSA) is 108 Å². The summed E-state index contributed by atoms with van der Waals surface area (Å²) in [4.78, 5) is 23.6. The van der Waals surface area contributed by atoms with Gasteiger partial charge in [-0.2, -0.15) is 0 Å². The molecule has 0 saturated heterocycles. The fourth-order valence-corrected chi connectivity index (χ4v) is 3.60. The number of fused-ring (bicyclic) bond motifs is 3. The minimum atomic E-state index is -0.525. The van der Waals surface area contributed by atoms with E-state index in [0.717, 1.165) is 16.4 Å². The third kappa shape index (κ3) is 3.33. The zero-order chi connectivity index (χ0) is 22.2. The molecule has 0 radical (unpaired) electrons. The molecule has 8 nitrogen and oxygen atoms in total. The summed E-state index contributed by atoms with van der Waals surface area (Å²) in [5, 5.41) is 16.2. The molecule has 0 aliphatic rings. The van der Waals surface area contributed by atoms with Crippen molar-refractivity contribution in [2.75, 3.05) is 12.4 Å². The number of para-hydroxylation sites is 1. The third-order valence-corrected chi connectivity index (χ3v) is 5.13. The van der Waals surface area contributed by atoms with Crippen molar-refractivity contribution in [3.8, 4) is 17.1 Å². The summed E-state index contributed by atoms with van der Waals surface area (Å²) in [5.41, 5.74) is 2.02. The molecule has 5 rings (SSSR count). The fraction of sp³-hybridized carbons (Fsp3) is 0.0417. The van der Waals surface area contributed by atoms with Gasteiger partial charge in [-0.1, -0.05) is 18.2 Å². The number of amides is 1. The minimum absolute atomic E-state index is 0.0230. The average Bonchev–Trinajstić information content (AvgIpc) is 3.43. The van der Waals surface area contributed by atoms with Crippen LogP contribution in [-0.2, 0) is 0 Å². The quantitative estimate of drug-likeness (QED) is 0.271. The highest BCUT2D eigenvalue weighted by Gasteiger charge is 2.21. The molecule has 2 aromatic heterocycles. The number of nitro benzene ring substituents is 1. The van der Waals surface area contributed by atoms with Gasteiger partial charge in [0.2, 0.25) is 0 Å². The first-order valence-electron chi connectivity index (χ1n) is 9.69. The average molecular weight is 428 g/mol. The number of carbonyl (C=O) groups is 1. The Hall–Kier alpha value is -4.59. The lowest BCUT2D eigenvalue weighted by Crippen LogP contribution is -2.10. The molecule has 0 fully saturated rings. The standard InChI is InChI=1S/C24H16N2O6/c1-30-15-7-9-18(19(13-15)26(28)29)21-10-11-22(31-21)24(27)25-14-6-8-17-16-4-2-3-5-20(16)32-23(17)12-14/h2-13H,1H3,(H,25,27). The molecule has 2 heterocycles. The van der Waals surface area contributed by atoms with Crippen LogP contribution in [0.25, 0.3) is 33.3 Å². The lowest BCUT2D eigenvalue weighted by molar-refractivity contribution is -0.384. The van der Waals surface area contributed by atoms with Crippen LogP contribution in [0, 0.1) is 10.1 Å². The van der Waals surface area contributed by atoms with Gasteiger partial charge in [0.1, 0.15) is 22.7 Å². The number of nitro groups is 1. The maximum Gasteiger partial charge on any atom is 0.291 e. The van der Waals surface area contributed by atoms with Crippen LogP contribution in [0.1, 0.15) is 10.6 Å². The van der Waals surface area contributed by atoms with Crippen LogP contribution >= 0.6 is 0 Å². The van der Waals surface area contributed by atoms with E-state index in [1.807, 2.05) is 30.3 Å². The number of nitrogens with zero attached hydrogens (tertiary/aromatic N) is 1. The zero-order valence-electron chi connectivity index (χ0n) is 16.8. The summed E-state index contributed by atoms with van der Waals surface area (Å²) < 4.78 is 16.5. The van der Waals surface area contributed by atoms with Gasteiger partial charge >= 0.3 is 0 Å². The summed E-state index contributed by atoms with van der Waals surface area (Å²) >= 11 is 0. The van der Waals surface area contributed by atoms with Gasteiger partial charge in [0.25, 0.3) is 11.6 Å². The lowest BCUT2D eigenvalue weighted by atomic mass is 10.1. The second-order valence-electron chi connectivity index (χ2n) is 7.07. The molecule has 3 aromatic carbocycles. The predicted octanol–water partition coefficient (Wildman–Crippen LogP) is 6.02. The highest BCUT2D eigenvalue weighted by atomic mass is 16.6. The van der Waals surface area contributed by atoms with E-state index in [2.05, 4.69) is 5.32 Å². The normalized spacial score (nSPS) is 11.0. The molecule has 0 bridgehead atoms. The number of benzene rings is 3. The highest BCUT2D eigenvalue weighted by molar-refractivity contribution is 6.08. The molecule has 158 valence electrons. The number of ether oxygens (including phenoxy) is 1. The van der Waals surface area contributed by atoms with Crippen molar-refractivity contribution in [3.63, 3.8) is 0 Å². The summed E-state index contributed by atoms with van der Waals surface area (Å²) in [7, 11) is 1.43. The van der Waals surface area contributed by atoms with Crippen molar-refractivity contribution in [2.45, 2.75) is 0 Å². The zero-order valence-corrected chi connectivity index (χ0v) is 16.8. The molecule has 32 heavy (non-hydrogen) atoms. The first-order valence-corrected chi connectivity index (χ1v) is 9.69. The summed E-state index contributed by atoms with van der Waals surface area (Å²) in [6.45, 7) is 0. The van der Waals surface area contributed by atoms with Crippen LogP contribution < -0.4 is 10.1 Å². The second kappa shape index (κ2) is 7.59. The van der Waals surface area contributed by atoms with E-state index in [9.17, 15) is 14.9 Å². The van der Waals surface area contributed by atoms with Crippen LogP contribution in [0.2, 0.25) is 0 Å². The van der Waals surface area contributed by atoms with E-state index < -0.39 is 10.8 Å². The van der Waals surface area contributed by atoms with Gasteiger partial charge in [-0.3, -0.25) is 14.9 Å². The van der Waals surface area contributed by atoms with E-state index in [-0.39, 0.29) is 22.8 Å². The van der Waals surface area contributed by atoms with Gasteiger partial charge in [-0.15, -0.1) is 0 Å². The second-order valence-corrected chi connectivity index (χ2v) is 7.07. The van der Waals surface area contributed by atoms with Gasteiger partial charge < -0.3 is 18.9 Å². The molecule has 0 spiro atoms. The van der Waals surface area contributed by atoms with Crippen LogP contribution in [0.3, 0.4) is 0 Å². The van der Waals surface area contributed by atoms with Crippen molar-refractivity contribution in [1.29, 1.82) is 0 Å². The van der Waals surface area contributed by atoms with E-state index in [1.54, 1.807) is 18.2 Å².